The first-order valence-electron chi connectivity index (χ1n) is 7.65. The summed E-state index contributed by atoms with van der Waals surface area (Å²) in [7, 11) is 4.07. The number of para-hydroxylation sites is 1. The van der Waals surface area contributed by atoms with Gasteiger partial charge in [0, 0.05) is 12.1 Å². The van der Waals surface area contributed by atoms with Crippen molar-refractivity contribution in [3.63, 3.8) is 0 Å². The van der Waals surface area contributed by atoms with Gasteiger partial charge in [-0.3, -0.25) is 0 Å². The molecule has 0 saturated carbocycles. The molecule has 3 aromatic rings. The quantitative estimate of drug-likeness (QED) is 0.674. The van der Waals surface area contributed by atoms with Crippen LogP contribution in [0.3, 0.4) is 0 Å². The maximum Gasteiger partial charge on any atom is 0.180 e. The van der Waals surface area contributed by atoms with Crippen molar-refractivity contribution in [1.29, 1.82) is 0 Å². The first-order valence-corrected chi connectivity index (χ1v) is 7.65. The van der Waals surface area contributed by atoms with E-state index in [4.69, 9.17) is 0 Å². The van der Waals surface area contributed by atoms with Crippen LogP contribution < -0.4 is 10.0 Å². The molecule has 0 spiro atoms. The van der Waals surface area contributed by atoms with Gasteiger partial charge in [-0.05, 0) is 12.1 Å². The van der Waals surface area contributed by atoms with Crippen LogP contribution in [-0.4, -0.2) is 14.1 Å². The van der Waals surface area contributed by atoms with Crippen molar-refractivity contribution < 1.29 is 9.50 Å². The Kier molecular flexibility index (Phi) is 6.67. The minimum absolute atomic E-state index is 0.0874. The van der Waals surface area contributed by atoms with Crippen LogP contribution in [0.25, 0.3) is 0 Å². The molecule has 122 valence electrons. The van der Waals surface area contributed by atoms with Gasteiger partial charge in [0.1, 0.15) is 19.9 Å². The highest BCUT2D eigenvalue weighted by atomic mass is 19.1. The Hall–Kier alpha value is -2.49. The summed E-state index contributed by atoms with van der Waals surface area (Å²) in [6.45, 7) is 0. The van der Waals surface area contributed by atoms with Gasteiger partial charge in [0.05, 0.1) is 0 Å². The van der Waals surface area contributed by atoms with Crippen LogP contribution in [0.1, 0.15) is 11.1 Å². The molecule has 0 aliphatic heterocycles. The van der Waals surface area contributed by atoms with Gasteiger partial charge in [-0.25, -0.2) is 4.39 Å². The third-order valence-electron chi connectivity index (χ3n) is 3.41. The molecule has 0 atom stereocenters. The van der Waals surface area contributed by atoms with Crippen molar-refractivity contribution in [2.24, 2.45) is 0 Å². The Bertz CT molecular complexity index is 712. The summed E-state index contributed by atoms with van der Waals surface area (Å²) in [6, 6.07) is 24.8. The van der Waals surface area contributed by atoms with Crippen LogP contribution in [0.15, 0.2) is 84.9 Å². The van der Waals surface area contributed by atoms with E-state index in [2.05, 4.69) is 17.0 Å². The van der Waals surface area contributed by atoms with Gasteiger partial charge in [-0.1, -0.05) is 77.9 Å². The molecule has 2 nitrogen and oxygen atoms in total. The zero-order valence-electron chi connectivity index (χ0n) is 13.8. The topological polar surface area (TPSA) is 29.0 Å². The second-order valence-corrected chi connectivity index (χ2v) is 5.43. The second kappa shape index (κ2) is 8.96. The van der Waals surface area contributed by atoms with Crippen molar-refractivity contribution in [3.8, 4) is 0 Å². The van der Waals surface area contributed by atoms with Crippen LogP contribution >= 0.6 is 0 Å². The molecule has 0 aliphatic rings. The van der Waals surface area contributed by atoms with E-state index in [1.165, 1.54) is 30.0 Å². The highest BCUT2D eigenvalue weighted by Gasteiger charge is 2.01. The maximum absolute atomic E-state index is 12.6. The van der Waals surface area contributed by atoms with Crippen LogP contribution in [0, 0.1) is 11.9 Å². The first kappa shape index (κ1) is 17.9. The van der Waals surface area contributed by atoms with Gasteiger partial charge in [0.15, 0.2) is 5.69 Å². The van der Waals surface area contributed by atoms with Crippen LogP contribution in [0.2, 0.25) is 0 Å². The zero-order chi connectivity index (χ0) is 17.4. The van der Waals surface area contributed by atoms with E-state index in [1.807, 2.05) is 38.4 Å². The van der Waals surface area contributed by atoms with Crippen molar-refractivity contribution in [3.05, 3.63) is 108 Å². The summed E-state index contributed by atoms with van der Waals surface area (Å²) in [5.41, 5.74) is 2.37. The molecule has 24 heavy (non-hydrogen) atoms. The summed E-state index contributed by atoms with van der Waals surface area (Å²) in [4.78, 5) is 2.08. The summed E-state index contributed by atoms with van der Waals surface area (Å²) in [5, 5.41) is 11.8. The molecule has 0 bridgehead atoms. The lowest BCUT2D eigenvalue weighted by atomic mass is 10.0. The Labute approximate surface area is 142 Å². The van der Waals surface area contributed by atoms with Crippen molar-refractivity contribution in [2.45, 2.75) is 0 Å². The Balaban J connectivity index is 0.000000198. The normalized spacial score (nSPS) is 10.4. The van der Waals surface area contributed by atoms with E-state index in [-0.39, 0.29) is 11.9 Å². The van der Waals surface area contributed by atoms with Crippen LogP contribution in [0.4, 0.5) is 10.1 Å². The smallest absolute Gasteiger partial charge is 0.180 e. The number of halogens is 1. The molecule has 0 aromatic heterocycles. The average molecular weight is 321 g/mol. The van der Waals surface area contributed by atoms with Gasteiger partial charge in [0.2, 0.25) is 0 Å². The van der Waals surface area contributed by atoms with E-state index in [9.17, 15) is 9.50 Å². The second-order valence-electron chi connectivity index (χ2n) is 5.43. The Morgan fingerprint density at radius 1 is 0.708 bits per heavy atom. The van der Waals surface area contributed by atoms with E-state index < -0.39 is 0 Å². The lowest BCUT2D eigenvalue weighted by Gasteiger charge is -2.22. The third-order valence-corrected chi connectivity index (χ3v) is 3.41. The van der Waals surface area contributed by atoms with E-state index in [1.54, 1.807) is 24.3 Å². The molecule has 3 rings (SSSR count). The van der Waals surface area contributed by atoms with Crippen molar-refractivity contribution >= 4 is 5.69 Å². The van der Waals surface area contributed by atoms with Gasteiger partial charge in [-0.2, -0.15) is 0 Å². The number of hydrogen-bond acceptors (Lipinski definition) is 2. The highest BCUT2D eigenvalue weighted by Crippen LogP contribution is 2.17. The van der Waals surface area contributed by atoms with Gasteiger partial charge in [-0.15, -0.1) is 4.90 Å². The summed E-state index contributed by atoms with van der Waals surface area (Å²) < 4.78 is 12.6. The molecule has 0 heterocycles. The number of hydrogen-bond donors (Lipinski definition) is 0. The molecule has 0 unspecified atom stereocenters. The molecular weight excluding hydrogens is 301 g/mol. The van der Waals surface area contributed by atoms with Crippen LogP contribution in [-0.2, 0) is 0 Å². The standard InChI is InChI=1S/C13H9FO.C8H11N/c14-12-8-6-11(7-9-12)13(15)10-4-2-1-3-5-10;1-9(2)8-6-4-3-5-7-8/h1-9H;3-7H,1-2H3/q-1;+1. The fourth-order valence-corrected chi connectivity index (χ4v) is 2.08. The number of rotatable bonds is 3. The molecule has 0 saturated heterocycles. The van der Waals surface area contributed by atoms with Crippen LogP contribution in [0.5, 0.6) is 0 Å². The third kappa shape index (κ3) is 5.30. The average Bonchev–Trinajstić information content (AvgIpc) is 2.64. The summed E-state index contributed by atoms with van der Waals surface area (Å²) in [6.07, 6.45) is -0.0874. The fraction of sp³-hybridized carbons (Fsp3) is 0.0952. The Morgan fingerprint density at radius 2 is 1.17 bits per heavy atom. The molecule has 0 amide bonds. The van der Waals surface area contributed by atoms with E-state index >= 15 is 0 Å². The minimum atomic E-state index is -0.334. The van der Waals surface area contributed by atoms with E-state index in [0.717, 1.165) is 0 Å². The number of benzene rings is 3. The molecular formula is C21H20FNO. The molecule has 0 fully saturated rings. The highest BCUT2D eigenvalue weighted by molar-refractivity contribution is 5.40. The molecule has 0 N–H and O–H groups in total. The fourth-order valence-electron chi connectivity index (χ4n) is 2.08. The zero-order valence-corrected chi connectivity index (χ0v) is 13.8. The lowest BCUT2D eigenvalue weighted by molar-refractivity contribution is -0.333. The van der Waals surface area contributed by atoms with E-state index in [0.29, 0.717) is 11.1 Å². The minimum Gasteiger partial charge on any atom is -0.843 e. The Morgan fingerprint density at radius 3 is 1.62 bits per heavy atom. The maximum atomic E-state index is 12.6. The predicted octanol–water partition coefficient (Wildman–Crippen LogP) is 3.83. The SMILES string of the molecule is C[N+](C)c1ccccc1.[O-][C](c1ccccc1)c1ccc(F)cc1. The predicted molar refractivity (Wildman–Crippen MR) is 94.4 cm³/mol. The number of nitrogens with zero attached hydrogens (tertiary/aromatic N) is 1. The summed E-state index contributed by atoms with van der Waals surface area (Å²) in [5.74, 6) is -0.334. The van der Waals surface area contributed by atoms with Crippen molar-refractivity contribution in [1.82, 2.24) is 4.90 Å². The molecule has 3 heteroatoms. The first-order chi connectivity index (χ1) is 11.6. The molecule has 0 aliphatic carbocycles. The number of anilines is 1. The summed E-state index contributed by atoms with van der Waals surface area (Å²) >= 11 is 0. The van der Waals surface area contributed by atoms with Gasteiger partial charge >= 0.3 is 0 Å². The van der Waals surface area contributed by atoms with Crippen molar-refractivity contribution in [2.75, 3.05) is 14.1 Å². The lowest BCUT2D eigenvalue weighted by Crippen LogP contribution is -2.17. The monoisotopic (exact) mass is 321 g/mol. The van der Waals surface area contributed by atoms with Gasteiger partial charge < -0.3 is 5.11 Å². The largest absolute Gasteiger partial charge is 0.843 e. The van der Waals surface area contributed by atoms with Gasteiger partial charge in [0.25, 0.3) is 0 Å². The molecule has 2 radical (unpaired) electrons. The molecule has 3 aromatic carbocycles.